The van der Waals surface area contributed by atoms with Crippen molar-refractivity contribution in [3.63, 3.8) is 0 Å². The van der Waals surface area contributed by atoms with Gasteiger partial charge in [-0.25, -0.2) is 4.79 Å². The number of allylic oxidation sites excluding steroid dienone is 1. The van der Waals surface area contributed by atoms with Crippen molar-refractivity contribution in [3.8, 4) is 23.0 Å². The third kappa shape index (κ3) is 7.93. The molecule has 0 saturated carbocycles. The average molecular weight is 506 g/mol. The highest BCUT2D eigenvalue weighted by atomic mass is 16.6. The molecule has 0 aliphatic carbocycles. The average Bonchev–Trinajstić information content (AvgIpc) is 2.90. The summed E-state index contributed by atoms with van der Waals surface area (Å²) in [5, 5.41) is 0. The van der Waals surface area contributed by atoms with E-state index in [-0.39, 0.29) is 17.1 Å². The Morgan fingerprint density at radius 1 is 0.865 bits per heavy atom. The molecule has 0 fully saturated rings. The van der Waals surface area contributed by atoms with Crippen LogP contribution in [0.5, 0.6) is 23.0 Å². The van der Waals surface area contributed by atoms with E-state index in [0.29, 0.717) is 17.9 Å². The zero-order valence-corrected chi connectivity index (χ0v) is 20.5. The third-order valence-electron chi connectivity index (χ3n) is 5.08. The molecule has 9 nitrogen and oxygen atoms in total. The van der Waals surface area contributed by atoms with Gasteiger partial charge in [0.15, 0.2) is 23.0 Å². The molecule has 0 N–H and O–H groups in total. The fraction of sp³-hybridized carbons (Fsp3) is 0.214. The van der Waals surface area contributed by atoms with Gasteiger partial charge in [0.2, 0.25) is 0 Å². The lowest BCUT2D eigenvalue weighted by molar-refractivity contribution is -0.140. The quantitative estimate of drug-likeness (QED) is 0.202. The molecule has 1 atom stereocenters. The number of rotatable bonds is 12. The SMILES string of the molecule is C=CCc1ccc(OC(=O)C[C@H](CC(=O)Oc2ccccc2OC)OC(=O)c2cccnc2)c(OC)c1. The zero-order valence-electron chi connectivity index (χ0n) is 20.5. The molecule has 3 aromatic rings. The Bertz CT molecular complexity index is 1240. The first-order chi connectivity index (χ1) is 17.9. The number of nitrogens with zero attached hydrogens (tertiary/aromatic N) is 1. The summed E-state index contributed by atoms with van der Waals surface area (Å²) in [4.78, 5) is 42.0. The van der Waals surface area contributed by atoms with Gasteiger partial charge in [0.1, 0.15) is 6.10 Å². The predicted octanol–water partition coefficient (Wildman–Crippen LogP) is 4.34. The summed E-state index contributed by atoms with van der Waals surface area (Å²) in [5.74, 6) is -1.12. The van der Waals surface area contributed by atoms with Crippen molar-refractivity contribution in [2.45, 2.75) is 25.4 Å². The van der Waals surface area contributed by atoms with Crippen LogP contribution < -0.4 is 18.9 Å². The van der Waals surface area contributed by atoms with Crippen molar-refractivity contribution < 1.29 is 38.1 Å². The van der Waals surface area contributed by atoms with Gasteiger partial charge in [-0.15, -0.1) is 6.58 Å². The summed E-state index contributed by atoms with van der Waals surface area (Å²) in [6, 6.07) is 14.8. The van der Waals surface area contributed by atoms with Gasteiger partial charge in [-0.2, -0.15) is 0 Å². The number of hydrogen-bond donors (Lipinski definition) is 0. The van der Waals surface area contributed by atoms with Crippen LogP contribution in [-0.2, 0) is 20.7 Å². The lowest BCUT2D eigenvalue weighted by Gasteiger charge is -2.18. The summed E-state index contributed by atoms with van der Waals surface area (Å²) in [6.45, 7) is 3.70. The molecule has 0 bridgehead atoms. The van der Waals surface area contributed by atoms with E-state index in [1.165, 1.54) is 32.7 Å². The number of ether oxygens (including phenoxy) is 5. The Hall–Kier alpha value is -4.66. The van der Waals surface area contributed by atoms with Crippen LogP contribution in [0.2, 0.25) is 0 Å². The van der Waals surface area contributed by atoms with Gasteiger partial charge in [0.25, 0.3) is 0 Å². The molecule has 0 amide bonds. The molecule has 9 heteroatoms. The normalized spacial score (nSPS) is 11.1. The van der Waals surface area contributed by atoms with E-state index in [1.807, 2.05) is 0 Å². The lowest BCUT2D eigenvalue weighted by atomic mass is 10.1. The molecule has 192 valence electrons. The Balaban J connectivity index is 1.74. The number of hydrogen-bond acceptors (Lipinski definition) is 9. The number of para-hydroxylation sites is 2. The molecule has 0 aliphatic rings. The van der Waals surface area contributed by atoms with Gasteiger partial charge in [-0.3, -0.25) is 14.6 Å². The second-order valence-corrected chi connectivity index (χ2v) is 7.75. The topological polar surface area (TPSA) is 110 Å². The van der Waals surface area contributed by atoms with Gasteiger partial charge in [-0.05, 0) is 48.4 Å². The van der Waals surface area contributed by atoms with Crippen molar-refractivity contribution in [2.75, 3.05) is 14.2 Å². The number of aromatic nitrogens is 1. The summed E-state index contributed by atoms with van der Waals surface area (Å²) in [5.41, 5.74) is 1.09. The van der Waals surface area contributed by atoms with Crippen LogP contribution in [0.1, 0.15) is 28.8 Å². The lowest BCUT2D eigenvalue weighted by Crippen LogP contribution is -2.28. The van der Waals surface area contributed by atoms with E-state index in [2.05, 4.69) is 11.6 Å². The van der Waals surface area contributed by atoms with E-state index < -0.39 is 36.9 Å². The largest absolute Gasteiger partial charge is 0.493 e. The maximum Gasteiger partial charge on any atom is 0.340 e. The Kier molecular flexibility index (Phi) is 9.78. The highest BCUT2D eigenvalue weighted by Crippen LogP contribution is 2.29. The Morgan fingerprint density at radius 3 is 2.11 bits per heavy atom. The predicted molar refractivity (Wildman–Crippen MR) is 134 cm³/mol. The van der Waals surface area contributed by atoms with E-state index >= 15 is 0 Å². The molecular formula is C28H27NO8. The first kappa shape index (κ1) is 26.9. The molecule has 0 radical (unpaired) electrons. The van der Waals surface area contributed by atoms with Gasteiger partial charge in [0.05, 0.1) is 32.6 Å². The van der Waals surface area contributed by atoms with Crippen molar-refractivity contribution in [2.24, 2.45) is 0 Å². The van der Waals surface area contributed by atoms with Gasteiger partial charge >= 0.3 is 17.9 Å². The minimum atomic E-state index is -1.17. The van der Waals surface area contributed by atoms with Crippen molar-refractivity contribution in [1.29, 1.82) is 0 Å². The fourth-order valence-electron chi connectivity index (χ4n) is 3.35. The van der Waals surface area contributed by atoms with Crippen LogP contribution >= 0.6 is 0 Å². The minimum Gasteiger partial charge on any atom is -0.493 e. The standard InChI is InChI=1S/C28H27NO8/c1-4-8-19-12-13-24(25(15-19)34-3)37-27(31)17-21(35-28(32)20-9-7-14-29-18-20)16-26(30)36-23-11-6-5-10-22(23)33-2/h4-7,9-15,18,21H,1,8,16-17H2,2-3H3/t21-/m0/s1. The second kappa shape index (κ2) is 13.4. The first-order valence-electron chi connectivity index (χ1n) is 11.4. The molecule has 1 heterocycles. The molecule has 37 heavy (non-hydrogen) atoms. The highest BCUT2D eigenvalue weighted by Gasteiger charge is 2.26. The molecule has 1 aromatic heterocycles. The molecule has 0 unspecified atom stereocenters. The summed E-state index contributed by atoms with van der Waals surface area (Å²) in [7, 11) is 2.90. The summed E-state index contributed by atoms with van der Waals surface area (Å²) < 4.78 is 26.8. The van der Waals surface area contributed by atoms with E-state index in [9.17, 15) is 14.4 Å². The van der Waals surface area contributed by atoms with Crippen molar-refractivity contribution >= 4 is 17.9 Å². The number of carbonyl (C=O) groups excluding carboxylic acids is 3. The minimum absolute atomic E-state index is 0.165. The maximum atomic E-state index is 12.8. The number of esters is 3. The van der Waals surface area contributed by atoms with Gasteiger partial charge in [-0.1, -0.05) is 24.3 Å². The summed E-state index contributed by atoms with van der Waals surface area (Å²) in [6.07, 6.45) is 3.19. The molecule has 0 spiro atoms. The van der Waals surface area contributed by atoms with E-state index in [0.717, 1.165) is 5.56 Å². The van der Waals surface area contributed by atoms with E-state index in [1.54, 1.807) is 54.6 Å². The molecule has 0 aliphatic heterocycles. The second-order valence-electron chi connectivity index (χ2n) is 7.75. The first-order valence-corrected chi connectivity index (χ1v) is 11.4. The van der Waals surface area contributed by atoms with Gasteiger partial charge in [0, 0.05) is 12.4 Å². The van der Waals surface area contributed by atoms with E-state index in [4.69, 9.17) is 23.7 Å². The fourth-order valence-corrected chi connectivity index (χ4v) is 3.35. The molecule has 2 aromatic carbocycles. The number of benzene rings is 2. The Labute approximate surface area is 214 Å². The molecular weight excluding hydrogens is 478 g/mol. The van der Waals surface area contributed by atoms with Crippen LogP contribution in [0.15, 0.2) is 79.6 Å². The van der Waals surface area contributed by atoms with Crippen LogP contribution in [-0.4, -0.2) is 43.2 Å². The van der Waals surface area contributed by atoms with Crippen LogP contribution in [0, 0.1) is 0 Å². The van der Waals surface area contributed by atoms with Crippen molar-refractivity contribution in [3.05, 3.63) is 90.8 Å². The third-order valence-corrected chi connectivity index (χ3v) is 5.08. The van der Waals surface area contributed by atoms with Crippen LogP contribution in [0.4, 0.5) is 0 Å². The number of methoxy groups -OCH3 is 2. The van der Waals surface area contributed by atoms with Crippen molar-refractivity contribution in [1.82, 2.24) is 4.98 Å². The van der Waals surface area contributed by atoms with Gasteiger partial charge < -0.3 is 23.7 Å². The summed E-state index contributed by atoms with van der Waals surface area (Å²) >= 11 is 0. The monoisotopic (exact) mass is 505 g/mol. The van der Waals surface area contributed by atoms with Crippen LogP contribution in [0.3, 0.4) is 0 Å². The molecule has 0 saturated heterocycles. The highest BCUT2D eigenvalue weighted by molar-refractivity contribution is 5.89. The number of carbonyl (C=O) groups is 3. The smallest absolute Gasteiger partial charge is 0.340 e. The zero-order chi connectivity index (χ0) is 26.6. The maximum absolute atomic E-state index is 12.8. The Morgan fingerprint density at radius 2 is 1.51 bits per heavy atom. The number of pyridine rings is 1. The van der Waals surface area contributed by atoms with Crippen LogP contribution in [0.25, 0.3) is 0 Å². The molecule has 3 rings (SSSR count).